The fraction of sp³-hybridized carbons (Fsp3) is 0.760. The molecule has 1 amide bonds. The van der Waals surface area contributed by atoms with Crippen LogP contribution in [0.5, 0.6) is 0 Å². The number of hydrogen-bond donors (Lipinski definition) is 1. The Labute approximate surface area is 205 Å². The van der Waals surface area contributed by atoms with Crippen LogP contribution >= 0.6 is 0 Å². The Balaban J connectivity index is 1.29. The summed E-state index contributed by atoms with van der Waals surface area (Å²) in [5, 5.41) is 3.65. The van der Waals surface area contributed by atoms with Crippen molar-refractivity contribution in [3.63, 3.8) is 0 Å². The van der Waals surface area contributed by atoms with Gasteiger partial charge in [-0.05, 0) is 70.6 Å². The first kappa shape index (κ1) is 25.4. The van der Waals surface area contributed by atoms with Crippen molar-refractivity contribution in [1.29, 1.82) is 0 Å². The number of piperidine rings is 1. The molecule has 1 aromatic rings. The molecule has 0 atom stereocenters. The van der Waals surface area contributed by atoms with Crippen LogP contribution in [0.2, 0.25) is 0 Å². The molecule has 3 aliphatic rings. The topological polar surface area (TPSA) is 85.8 Å². The molecule has 1 aliphatic carbocycles. The largest absolute Gasteiger partial charge is 0.367 e. The maximum absolute atomic E-state index is 13.4. The molecule has 0 radical (unpaired) electrons. The number of nitrogens with zero attached hydrogens (tertiary/aromatic N) is 4. The molecule has 1 saturated carbocycles. The SMILES string of the molecule is CN(C1CCN(CCCN2CCCc3c(ccnc3NC3CCCCC3)C2=O)CC1)S(C)(=O)=O. The highest BCUT2D eigenvalue weighted by molar-refractivity contribution is 7.88. The minimum absolute atomic E-state index is 0.0972. The zero-order valence-corrected chi connectivity index (χ0v) is 21.7. The van der Waals surface area contributed by atoms with E-state index in [4.69, 9.17) is 0 Å². The van der Waals surface area contributed by atoms with Crippen molar-refractivity contribution in [3.05, 3.63) is 23.4 Å². The van der Waals surface area contributed by atoms with Gasteiger partial charge in [-0.2, -0.15) is 0 Å². The van der Waals surface area contributed by atoms with Gasteiger partial charge in [-0.25, -0.2) is 17.7 Å². The molecular weight excluding hydrogens is 450 g/mol. The molecule has 3 heterocycles. The van der Waals surface area contributed by atoms with Gasteiger partial charge in [-0.15, -0.1) is 0 Å². The summed E-state index contributed by atoms with van der Waals surface area (Å²) in [4.78, 5) is 22.4. The third-order valence-corrected chi connectivity index (χ3v) is 9.22. The van der Waals surface area contributed by atoms with Gasteiger partial charge in [0.05, 0.1) is 6.26 Å². The van der Waals surface area contributed by atoms with E-state index < -0.39 is 10.0 Å². The predicted octanol–water partition coefficient (Wildman–Crippen LogP) is 2.96. The number of rotatable bonds is 8. The highest BCUT2D eigenvalue weighted by atomic mass is 32.2. The highest BCUT2D eigenvalue weighted by Crippen LogP contribution is 2.28. The third-order valence-electron chi connectivity index (χ3n) is 7.87. The van der Waals surface area contributed by atoms with Gasteiger partial charge in [-0.3, -0.25) is 4.79 Å². The second-order valence-electron chi connectivity index (χ2n) is 10.3. The highest BCUT2D eigenvalue weighted by Gasteiger charge is 2.28. The van der Waals surface area contributed by atoms with Crippen LogP contribution in [0.25, 0.3) is 0 Å². The van der Waals surface area contributed by atoms with Crippen molar-refractivity contribution in [2.45, 2.75) is 76.3 Å². The number of sulfonamides is 1. The summed E-state index contributed by atoms with van der Waals surface area (Å²) in [6, 6.07) is 2.47. The Bertz CT molecular complexity index is 940. The van der Waals surface area contributed by atoms with Crippen LogP contribution in [0.1, 0.15) is 73.7 Å². The normalized spacial score (nSPS) is 21.5. The lowest BCUT2D eigenvalue weighted by atomic mass is 9.95. The average Bonchev–Trinajstić information content (AvgIpc) is 2.99. The van der Waals surface area contributed by atoms with E-state index in [9.17, 15) is 13.2 Å². The summed E-state index contributed by atoms with van der Waals surface area (Å²) in [5.41, 5.74) is 1.91. The molecule has 0 spiro atoms. The molecule has 0 aromatic carbocycles. The number of pyridine rings is 1. The Morgan fingerprint density at radius 3 is 2.50 bits per heavy atom. The molecule has 2 fully saturated rings. The zero-order valence-electron chi connectivity index (χ0n) is 20.8. The summed E-state index contributed by atoms with van der Waals surface area (Å²) in [6.45, 7) is 4.30. The molecule has 2 aliphatic heterocycles. The monoisotopic (exact) mass is 491 g/mol. The molecule has 190 valence electrons. The number of anilines is 1. The van der Waals surface area contributed by atoms with Crippen LogP contribution in [0.3, 0.4) is 0 Å². The first-order valence-corrected chi connectivity index (χ1v) is 14.9. The van der Waals surface area contributed by atoms with Gasteiger partial charge in [0.25, 0.3) is 5.91 Å². The minimum Gasteiger partial charge on any atom is -0.367 e. The zero-order chi connectivity index (χ0) is 24.1. The molecule has 1 saturated heterocycles. The van der Waals surface area contributed by atoms with Crippen LogP contribution in [0, 0.1) is 0 Å². The molecular formula is C25H41N5O3S. The Kier molecular flexibility index (Phi) is 8.47. The van der Waals surface area contributed by atoms with Crippen molar-refractivity contribution in [1.82, 2.24) is 19.1 Å². The number of likely N-dealkylation sites (tertiary alicyclic amines) is 1. The number of fused-ring (bicyclic) bond motifs is 1. The van der Waals surface area contributed by atoms with Gasteiger partial charge >= 0.3 is 0 Å². The van der Waals surface area contributed by atoms with Crippen molar-refractivity contribution >= 4 is 21.7 Å². The van der Waals surface area contributed by atoms with E-state index in [0.717, 1.165) is 81.8 Å². The number of carbonyl (C=O) groups is 1. The lowest BCUT2D eigenvalue weighted by Gasteiger charge is -2.36. The van der Waals surface area contributed by atoms with Crippen molar-refractivity contribution in [3.8, 4) is 0 Å². The lowest BCUT2D eigenvalue weighted by Crippen LogP contribution is -2.45. The summed E-state index contributed by atoms with van der Waals surface area (Å²) in [7, 11) is -1.45. The minimum atomic E-state index is -3.14. The summed E-state index contributed by atoms with van der Waals surface area (Å²) in [6.07, 6.45) is 13.8. The predicted molar refractivity (Wildman–Crippen MR) is 136 cm³/mol. The molecule has 8 nitrogen and oxygen atoms in total. The third kappa shape index (κ3) is 6.29. The van der Waals surface area contributed by atoms with Crippen molar-refractivity contribution in [2.75, 3.05) is 51.3 Å². The first-order valence-electron chi connectivity index (χ1n) is 13.0. The summed E-state index contributed by atoms with van der Waals surface area (Å²) < 4.78 is 25.1. The number of carbonyl (C=O) groups excluding carboxylic acids is 1. The second-order valence-corrected chi connectivity index (χ2v) is 12.3. The standard InChI is InChI=1S/C25H41N5O3S/c1-28(34(2,32)33)21-12-18-29(19-13-21)15-7-17-30-16-6-10-22-23(25(30)31)11-14-26-24(22)27-20-8-4-3-5-9-20/h11,14,20-21H,3-10,12-13,15-19H2,1-2H3,(H,26,27). The first-order chi connectivity index (χ1) is 16.3. The number of aromatic nitrogens is 1. The second kappa shape index (κ2) is 11.4. The van der Waals surface area contributed by atoms with Gasteiger partial charge in [0.15, 0.2) is 0 Å². The lowest BCUT2D eigenvalue weighted by molar-refractivity contribution is 0.0749. The van der Waals surface area contributed by atoms with E-state index in [1.807, 2.05) is 11.0 Å². The van der Waals surface area contributed by atoms with Crippen LogP contribution in [-0.4, -0.2) is 91.5 Å². The maximum atomic E-state index is 13.4. The van der Waals surface area contributed by atoms with Crippen LogP contribution in [-0.2, 0) is 16.4 Å². The average molecular weight is 492 g/mol. The quantitative estimate of drug-likeness (QED) is 0.602. The summed E-state index contributed by atoms with van der Waals surface area (Å²) >= 11 is 0. The number of amides is 1. The Hall–Kier alpha value is -1.71. The Morgan fingerprint density at radius 2 is 1.79 bits per heavy atom. The molecule has 1 aromatic heterocycles. The fourth-order valence-corrected chi connectivity index (χ4v) is 6.46. The van der Waals surface area contributed by atoms with E-state index in [-0.39, 0.29) is 11.9 Å². The van der Waals surface area contributed by atoms with Crippen LogP contribution in [0.4, 0.5) is 5.82 Å². The van der Waals surface area contributed by atoms with Gasteiger partial charge in [0.2, 0.25) is 10.0 Å². The van der Waals surface area contributed by atoms with Gasteiger partial charge in [0, 0.05) is 49.5 Å². The molecule has 4 rings (SSSR count). The van der Waals surface area contributed by atoms with Crippen LogP contribution in [0.15, 0.2) is 12.3 Å². The maximum Gasteiger partial charge on any atom is 0.254 e. The number of hydrogen-bond acceptors (Lipinski definition) is 6. The van der Waals surface area contributed by atoms with E-state index >= 15 is 0 Å². The van der Waals surface area contributed by atoms with Gasteiger partial charge in [0.1, 0.15) is 5.82 Å². The van der Waals surface area contributed by atoms with E-state index in [0.29, 0.717) is 6.04 Å². The van der Waals surface area contributed by atoms with E-state index in [1.54, 1.807) is 13.2 Å². The molecule has 9 heteroatoms. The van der Waals surface area contributed by atoms with Crippen molar-refractivity contribution < 1.29 is 13.2 Å². The smallest absolute Gasteiger partial charge is 0.254 e. The summed E-state index contributed by atoms with van der Waals surface area (Å²) in [5.74, 6) is 1.05. The van der Waals surface area contributed by atoms with E-state index in [1.165, 1.54) is 42.7 Å². The van der Waals surface area contributed by atoms with Crippen molar-refractivity contribution in [2.24, 2.45) is 0 Å². The molecule has 34 heavy (non-hydrogen) atoms. The molecule has 1 N–H and O–H groups in total. The number of nitrogens with one attached hydrogen (secondary N) is 1. The molecule has 0 unspecified atom stereocenters. The molecule has 0 bridgehead atoms. The fourth-order valence-electron chi connectivity index (χ4n) is 5.70. The van der Waals surface area contributed by atoms with Gasteiger partial charge < -0.3 is 15.1 Å². The van der Waals surface area contributed by atoms with E-state index in [2.05, 4.69) is 15.2 Å². The van der Waals surface area contributed by atoms with Gasteiger partial charge in [-0.1, -0.05) is 19.3 Å². The Morgan fingerprint density at radius 1 is 1.06 bits per heavy atom. The van der Waals surface area contributed by atoms with Crippen LogP contribution < -0.4 is 5.32 Å².